The monoisotopic (exact) mass is 301 g/mol. The molecule has 0 saturated heterocycles. The molecule has 16 heavy (non-hydrogen) atoms. The van der Waals surface area contributed by atoms with Crippen molar-refractivity contribution in [3.63, 3.8) is 0 Å². The van der Waals surface area contributed by atoms with Gasteiger partial charge in [-0.05, 0) is 18.2 Å². The van der Waals surface area contributed by atoms with Crippen LogP contribution in [0.15, 0.2) is 33.5 Å². The minimum Gasteiger partial charge on any atom is -0.476 e. The highest BCUT2D eigenvalue weighted by molar-refractivity contribution is 9.10. The fraction of sp³-hybridized carbons (Fsp3) is 0. The van der Waals surface area contributed by atoms with Gasteiger partial charge in [0.1, 0.15) is 0 Å². The van der Waals surface area contributed by atoms with Crippen molar-refractivity contribution >= 4 is 33.5 Å². The van der Waals surface area contributed by atoms with Crippen molar-refractivity contribution in [1.82, 2.24) is 4.98 Å². The minimum atomic E-state index is -1.14. The van der Waals surface area contributed by atoms with Crippen LogP contribution in [-0.4, -0.2) is 16.1 Å². The molecule has 0 unspecified atom stereocenters. The van der Waals surface area contributed by atoms with Crippen molar-refractivity contribution in [2.75, 3.05) is 0 Å². The molecule has 1 heterocycles. The second-order valence-corrected chi connectivity index (χ2v) is 4.35. The molecule has 82 valence electrons. The van der Waals surface area contributed by atoms with Crippen LogP contribution in [0.4, 0.5) is 0 Å². The lowest BCUT2D eigenvalue weighted by Crippen LogP contribution is -1.98. The van der Waals surface area contributed by atoms with Crippen molar-refractivity contribution < 1.29 is 14.3 Å². The van der Waals surface area contributed by atoms with E-state index in [1.165, 1.54) is 0 Å². The first-order valence-corrected chi connectivity index (χ1v) is 5.38. The van der Waals surface area contributed by atoms with Crippen LogP contribution in [0.2, 0.25) is 5.02 Å². The number of carbonyl (C=O) groups is 1. The number of hydrogen-bond acceptors (Lipinski definition) is 3. The number of rotatable bonds is 2. The highest BCUT2D eigenvalue weighted by Crippen LogP contribution is 2.29. The Morgan fingerprint density at radius 2 is 2.19 bits per heavy atom. The van der Waals surface area contributed by atoms with Gasteiger partial charge in [0.05, 0.1) is 0 Å². The second-order valence-electron chi connectivity index (χ2n) is 2.99. The lowest BCUT2D eigenvalue weighted by Gasteiger charge is -2.00. The molecule has 1 N–H and O–H groups in total. The largest absolute Gasteiger partial charge is 0.476 e. The molecule has 0 aliphatic heterocycles. The summed E-state index contributed by atoms with van der Waals surface area (Å²) < 4.78 is 5.79. The number of carboxylic acids is 1. The van der Waals surface area contributed by atoms with Gasteiger partial charge in [-0.1, -0.05) is 27.5 Å². The van der Waals surface area contributed by atoms with Gasteiger partial charge in [0.25, 0.3) is 0 Å². The number of aromatic carboxylic acids is 1. The van der Waals surface area contributed by atoms with Crippen LogP contribution >= 0.6 is 27.5 Å². The van der Waals surface area contributed by atoms with E-state index in [1.807, 2.05) is 0 Å². The molecule has 1 aromatic carbocycles. The number of carboxylic acid groups (broad SMARTS) is 1. The van der Waals surface area contributed by atoms with E-state index in [4.69, 9.17) is 21.1 Å². The molecule has 0 atom stereocenters. The number of oxazole rings is 1. The fourth-order valence-corrected chi connectivity index (χ4v) is 2.15. The summed E-state index contributed by atoms with van der Waals surface area (Å²) >= 11 is 9.13. The number of halogens is 2. The molecule has 2 aromatic rings. The topological polar surface area (TPSA) is 63.3 Å². The van der Waals surface area contributed by atoms with Crippen LogP contribution in [-0.2, 0) is 0 Å². The normalized spacial score (nSPS) is 10.4. The van der Waals surface area contributed by atoms with Gasteiger partial charge in [0.2, 0.25) is 0 Å². The van der Waals surface area contributed by atoms with Gasteiger partial charge >= 0.3 is 5.97 Å². The van der Waals surface area contributed by atoms with E-state index in [2.05, 4.69) is 20.9 Å². The van der Waals surface area contributed by atoms with Crippen LogP contribution in [0.25, 0.3) is 11.3 Å². The highest BCUT2D eigenvalue weighted by Gasteiger charge is 2.17. The van der Waals surface area contributed by atoms with Gasteiger partial charge in [0, 0.05) is 15.1 Å². The first-order chi connectivity index (χ1) is 7.58. The van der Waals surface area contributed by atoms with Crippen LogP contribution in [0, 0.1) is 0 Å². The van der Waals surface area contributed by atoms with Crippen molar-refractivity contribution in [1.29, 1.82) is 0 Å². The van der Waals surface area contributed by atoms with E-state index in [1.54, 1.807) is 18.2 Å². The molecule has 0 saturated carbocycles. The molecule has 0 bridgehead atoms. The Labute approximate surface area is 104 Å². The number of benzene rings is 1. The summed E-state index contributed by atoms with van der Waals surface area (Å²) in [5.41, 5.74) is 0.434. The van der Waals surface area contributed by atoms with Gasteiger partial charge in [-0.25, -0.2) is 9.78 Å². The van der Waals surface area contributed by atoms with E-state index in [0.29, 0.717) is 10.6 Å². The molecule has 4 nitrogen and oxygen atoms in total. The summed E-state index contributed by atoms with van der Waals surface area (Å²) in [5.74, 6) is -0.949. The Kier molecular flexibility index (Phi) is 2.98. The maximum absolute atomic E-state index is 10.9. The predicted molar refractivity (Wildman–Crippen MR) is 61.6 cm³/mol. The summed E-state index contributed by atoms with van der Waals surface area (Å²) in [4.78, 5) is 14.5. The SMILES string of the molecule is O=C(O)c1ncoc1-c1cc(Cl)cc(Br)c1. The fourth-order valence-electron chi connectivity index (χ4n) is 1.29. The van der Waals surface area contributed by atoms with E-state index >= 15 is 0 Å². The van der Waals surface area contributed by atoms with Crippen LogP contribution < -0.4 is 0 Å². The molecule has 2 rings (SSSR count). The standard InChI is InChI=1S/C10H5BrClNO3/c11-6-1-5(2-7(12)3-6)9-8(10(14)15)13-4-16-9/h1-4H,(H,14,15). The Morgan fingerprint density at radius 1 is 1.44 bits per heavy atom. The predicted octanol–water partition coefficient (Wildman–Crippen LogP) is 3.46. The molecule has 0 spiro atoms. The maximum Gasteiger partial charge on any atom is 0.358 e. The van der Waals surface area contributed by atoms with Crippen LogP contribution in [0.1, 0.15) is 10.5 Å². The van der Waals surface area contributed by atoms with Crippen molar-refractivity contribution in [3.05, 3.63) is 39.8 Å². The highest BCUT2D eigenvalue weighted by atomic mass is 79.9. The second kappa shape index (κ2) is 4.27. The Hall–Kier alpha value is -1.33. The van der Waals surface area contributed by atoms with Crippen molar-refractivity contribution in [3.8, 4) is 11.3 Å². The summed E-state index contributed by atoms with van der Waals surface area (Å²) in [6.07, 6.45) is 1.09. The molecular formula is C10H5BrClNO3. The van der Waals surface area contributed by atoms with Gasteiger partial charge in [-0.15, -0.1) is 0 Å². The lowest BCUT2D eigenvalue weighted by molar-refractivity contribution is 0.0691. The van der Waals surface area contributed by atoms with Crippen LogP contribution in [0.3, 0.4) is 0 Å². The quantitative estimate of drug-likeness (QED) is 0.923. The van der Waals surface area contributed by atoms with Gasteiger partial charge in [-0.2, -0.15) is 0 Å². The molecular weight excluding hydrogens is 297 g/mol. The Morgan fingerprint density at radius 3 is 2.81 bits per heavy atom. The van der Waals surface area contributed by atoms with E-state index in [0.717, 1.165) is 10.9 Å². The first kappa shape index (κ1) is 11.2. The molecule has 0 aliphatic carbocycles. The zero-order valence-corrected chi connectivity index (χ0v) is 10.1. The molecule has 1 aromatic heterocycles. The average Bonchev–Trinajstić information content (AvgIpc) is 2.63. The van der Waals surface area contributed by atoms with Gasteiger partial charge < -0.3 is 9.52 Å². The minimum absolute atomic E-state index is 0.130. The first-order valence-electron chi connectivity index (χ1n) is 4.21. The molecule has 6 heteroatoms. The van der Waals surface area contributed by atoms with E-state index in [9.17, 15) is 4.79 Å². The average molecular weight is 303 g/mol. The Bertz CT molecular complexity index is 532. The summed E-state index contributed by atoms with van der Waals surface area (Å²) in [5, 5.41) is 9.37. The Balaban J connectivity index is 2.58. The maximum atomic E-state index is 10.9. The van der Waals surface area contributed by atoms with Gasteiger partial charge in [-0.3, -0.25) is 0 Å². The smallest absolute Gasteiger partial charge is 0.358 e. The third-order valence-electron chi connectivity index (χ3n) is 1.89. The molecule has 0 radical (unpaired) electrons. The molecule has 0 aliphatic rings. The van der Waals surface area contributed by atoms with Crippen molar-refractivity contribution in [2.24, 2.45) is 0 Å². The lowest BCUT2D eigenvalue weighted by atomic mass is 10.1. The number of nitrogens with zero attached hydrogens (tertiary/aromatic N) is 1. The van der Waals surface area contributed by atoms with E-state index in [-0.39, 0.29) is 11.5 Å². The third kappa shape index (κ3) is 2.10. The summed E-state index contributed by atoms with van der Waals surface area (Å²) in [7, 11) is 0. The third-order valence-corrected chi connectivity index (χ3v) is 2.57. The molecule has 0 fully saturated rings. The van der Waals surface area contributed by atoms with Crippen LogP contribution in [0.5, 0.6) is 0 Å². The number of aromatic nitrogens is 1. The summed E-state index contributed by atoms with van der Waals surface area (Å²) in [6, 6.07) is 5.01. The zero-order chi connectivity index (χ0) is 11.7. The van der Waals surface area contributed by atoms with E-state index < -0.39 is 5.97 Å². The van der Waals surface area contributed by atoms with Gasteiger partial charge in [0.15, 0.2) is 17.8 Å². The van der Waals surface area contributed by atoms with Crippen molar-refractivity contribution in [2.45, 2.75) is 0 Å². The zero-order valence-electron chi connectivity index (χ0n) is 7.78. The molecule has 0 amide bonds. The summed E-state index contributed by atoms with van der Waals surface area (Å²) in [6.45, 7) is 0. The number of hydrogen-bond donors (Lipinski definition) is 1.